The van der Waals surface area contributed by atoms with E-state index in [1.54, 1.807) is 13.2 Å². The molecule has 0 radical (unpaired) electrons. The fourth-order valence-corrected chi connectivity index (χ4v) is 2.93. The molecule has 0 spiro atoms. The molecule has 0 fully saturated rings. The first-order valence-corrected chi connectivity index (χ1v) is 7.64. The monoisotopic (exact) mass is 320 g/mol. The Morgan fingerprint density at radius 1 is 0.875 bits per heavy atom. The van der Waals surface area contributed by atoms with Crippen LogP contribution in [0.25, 0.3) is 21.7 Å². The summed E-state index contributed by atoms with van der Waals surface area (Å²) in [4.78, 5) is 0. The van der Waals surface area contributed by atoms with Gasteiger partial charge >= 0.3 is 0 Å². The van der Waals surface area contributed by atoms with Crippen molar-refractivity contribution < 1.29 is 19.4 Å². The van der Waals surface area contributed by atoms with E-state index in [9.17, 15) is 10.2 Å². The first-order chi connectivity index (χ1) is 11.6. The second-order valence-electron chi connectivity index (χ2n) is 5.79. The molecule has 0 aliphatic heterocycles. The molecule has 0 aliphatic carbocycles. The Kier molecular flexibility index (Phi) is 3.31. The lowest BCUT2D eigenvalue weighted by Gasteiger charge is -2.05. The van der Waals surface area contributed by atoms with E-state index < -0.39 is 0 Å². The Morgan fingerprint density at radius 2 is 1.62 bits per heavy atom. The fraction of sp³-hybridized carbons (Fsp3) is 0.100. The van der Waals surface area contributed by atoms with Gasteiger partial charge in [0.15, 0.2) is 11.3 Å². The molecule has 4 aromatic rings. The standard InChI is InChI=1S/C20H16O4/c1-23-16-6-4-13-8-12(2-3-14(13)10-16)9-17-11-15-5-7-18(21)19(22)20(15)24-17/h2-8,10-11,21-22H,9H2,1H3. The number of aromatic hydroxyl groups is 2. The van der Waals surface area contributed by atoms with Crippen LogP contribution < -0.4 is 4.74 Å². The van der Waals surface area contributed by atoms with Gasteiger partial charge in [-0.3, -0.25) is 0 Å². The molecule has 4 rings (SSSR count). The van der Waals surface area contributed by atoms with E-state index in [1.165, 1.54) is 6.07 Å². The Hall–Kier alpha value is -3.14. The van der Waals surface area contributed by atoms with E-state index in [4.69, 9.17) is 9.15 Å². The largest absolute Gasteiger partial charge is 0.504 e. The molecule has 4 nitrogen and oxygen atoms in total. The van der Waals surface area contributed by atoms with Crippen molar-refractivity contribution in [3.05, 3.63) is 65.9 Å². The molecule has 1 aromatic heterocycles. The lowest BCUT2D eigenvalue weighted by molar-refractivity contribution is 0.399. The maximum Gasteiger partial charge on any atom is 0.201 e. The maximum atomic E-state index is 9.87. The lowest BCUT2D eigenvalue weighted by Crippen LogP contribution is -1.87. The summed E-state index contributed by atoms with van der Waals surface area (Å²) in [7, 11) is 1.66. The Bertz CT molecular complexity index is 1050. The predicted molar refractivity (Wildman–Crippen MR) is 92.8 cm³/mol. The molecule has 4 heteroatoms. The highest BCUT2D eigenvalue weighted by Crippen LogP contribution is 2.36. The van der Waals surface area contributed by atoms with Crippen molar-refractivity contribution in [2.45, 2.75) is 6.42 Å². The van der Waals surface area contributed by atoms with E-state index in [2.05, 4.69) is 12.1 Å². The average molecular weight is 320 g/mol. The van der Waals surface area contributed by atoms with Crippen molar-refractivity contribution in [3.63, 3.8) is 0 Å². The van der Waals surface area contributed by atoms with E-state index in [0.717, 1.165) is 33.2 Å². The van der Waals surface area contributed by atoms with Crippen LogP contribution in [-0.4, -0.2) is 17.3 Å². The van der Waals surface area contributed by atoms with Gasteiger partial charge in [-0.1, -0.05) is 24.3 Å². The highest BCUT2D eigenvalue weighted by molar-refractivity contribution is 5.86. The summed E-state index contributed by atoms with van der Waals surface area (Å²) in [5, 5.41) is 22.4. The van der Waals surface area contributed by atoms with Gasteiger partial charge in [0, 0.05) is 11.8 Å². The molecule has 120 valence electrons. The van der Waals surface area contributed by atoms with Gasteiger partial charge in [-0.05, 0) is 46.7 Å². The van der Waals surface area contributed by atoms with Crippen molar-refractivity contribution in [1.29, 1.82) is 0 Å². The topological polar surface area (TPSA) is 62.8 Å². The fourth-order valence-electron chi connectivity index (χ4n) is 2.93. The summed E-state index contributed by atoms with van der Waals surface area (Å²) in [6.45, 7) is 0. The van der Waals surface area contributed by atoms with E-state index >= 15 is 0 Å². The van der Waals surface area contributed by atoms with Gasteiger partial charge in [-0.2, -0.15) is 0 Å². The number of phenols is 2. The molecule has 0 atom stereocenters. The minimum Gasteiger partial charge on any atom is -0.504 e. The molecule has 0 saturated heterocycles. The van der Waals surface area contributed by atoms with Crippen LogP contribution in [-0.2, 0) is 6.42 Å². The third kappa shape index (κ3) is 2.42. The number of hydrogen-bond acceptors (Lipinski definition) is 4. The van der Waals surface area contributed by atoms with Crippen molar-refractivity contribution in [2.75, 3.05) is 7.11 Å². The zero-order valence-corrected chi connectivity index (χ0v) is 13.1. The molecule has 24 heavy (non-hydrogen) atoms. The van der Waals surface area contributed by atoms with Gasteiger partial charge in [0.1, 0.15) is 11.5 Å². The number of methoxy groups -OCH3 is 1. The number of fused-ring (bicyclic) bond motifs is 2. The number of phenolic OH excluding ortho intramolecular Hbond substituents is 2. The highest BCUT2D eigenvalue weighted by atomic mass is 16.5. The molecule has 0 bridgehead atoms. The third-order valence-corrected chi connectivity index (χ3v) is 4.18. The van der Waals surface area contributed by atoms with Gasteiger partial charge in [-0.25, -0.2) is 0 Å². The SMILES string of the molecule is COc1ccc2cc(Cc3cc4ccc(O)c(O)c4o3)ccc2c1. The lowest BCUT2D eigenvalue weighted by atomic mass is 10.0. The van der Waals surface area contributed by atoms with E-state index in [-0.39, 0.29) is 11.5 Å². The normalized spacial score (nSPS) is 11.2. The number of furan rings is 1. The Balaban J connectivity index is 1.70. The van der Waals surface area contributed by atoms with Crippen LogP contribution in [0.3, 0.4) is 0 Å². The van der Waals surface area contributed by atoms with Gasteiger partial charge in [0.2, 0.25) is 5.75 Å². The number of ether oxygens (including phenoxy) is 1. The van der Waals surface area contributed by atoms with Gasteiger partial charge in [0.05, 0.1) is 7.11 Å². The summed E-state index contributed by atoms with van der Waals surface area (Å²) in [5.41, 5.74) is 1.42. The summed E-state index contributed by atoms with van der Waals surface area (Å²) < 4.78 is 10.9. The van der Waals surface area contributed by atoms with Crippen molar-refractivity contribution in [1.82, 2.24) is 0 Å². The minimum absolute atomic E-state index is 0.178. The van der Waals surface area contributed by atoms with Crippen LogP contribution in [0.4, 0.5) is 0 Å². The van der Waals surface area contributed by atoms with Crippen molar-refractivity contribution >= 4 is 21.7 Å². The first kappa shape index (κ1) is 14.5. The molecular weight excluding hydrogens is 304 g/mol. The van der Waals surface area contributed by atoms with Crippen LogP contribution >= 0.6 is 0 Å². The second kappa shape index (κ2) is 5.49. The molecule has 2 N–H and O–H groups in total. The second-order valence-corrected chi connectivity index (χ2v) is 5.79. The van der Waals surface area contributed by atoms with E-state index in [1.807, 2.05) is 30.3 Å². The van der Waals surface area contributed by atoms with Crippen LogP contribution in [0.2, 0.25) is 0 Å². The zero-order chi connectivity index (χ0) is 16.7. The van der Waals surface area contributed by atoms with Gasteiger partial charge < -0.3 is 19.4 Å². The Morgan fingerprint density at radius 3 is 2.46 bits per heavy atom. The molecule has 0 amide bonds. The van der Waals surface area contributed by atoms with Crippen LogP contribution in [0.1, 0.15) is 11.3 Å². The van der Waals surface area contributed by atoms with Crippen LogP contribution in [0.5, 0.6) is 17.2 Å². The van der Waals surface area contributed by atoms with Crippen molar-refractivity contribution in [3.8, 4) is 17.2 Å². The zero-order valence-electron chi connectivity index (χ0n) is 13.1. The van der Waals surface area contributed by atoms with Gasteiger partial charge in [0.25, 0.3) is 0 Å². The van der Waals surface area contributed by atoms with E-state index in [0.29, 0.717) is 12.0 Å². The number of benzene rings is 3. The smallest absolute Gasteiger partial charge is 0.201 e. The summed E-state index contributed by atoms with van der Waals surface area (Å²) in [5.74, 6) is 1.17. The molecule has 3 aromatic carbocycles. The Labute approximate surface area is 138 Å². The van der Waals surface area contributed by atoms with Crippen LogP contribution in [0, 0.1) is 0 Å². The molecule has 0 aliphatic rings. The molecule has 1 heterocycles. The number of rotatable bonds is 3. The molecule has 0 unspecified atom stereocenters. The summed E-state index contributed by atoms with van der Waals surface area (Å²) >= 11 is 0. The average Bonchev–Trinajstić information content (AvgIpc) is 3.01. The highest BCUT2D eigenvalue weighted by Gasteiger charge is 2.12. The first-order valence-electron chi connectivity index (χ1n) is 7.64. The van der Waals surface area contributed by atoms with Crippen molar-refractivity contribution in [2.24, 2.45) is 0 Å². The predicted octanol–water partition coefficient (Wildman–Crippen LogP) is 4.60. The molecule has 0 saturated carbocycles. The maximum absolute atomic E-state index is 9.87. The number of hydrogen-bond donors (Lipinski definition) is 2. The third-order valence-electron chi connectivity index (χ3n) is 4.18. The molecular formula is C20H16O4. The van der Waals surface area contributed by atoms with Gasteiger partial charge in [-0.15, -0.1) is 0 Å². The minimum atomic E-state index is -0.218. The summed E-state index contributed by atoms with van der Waals surface area (Å²) in [6, 6.07) is 17.2. The van der Waals surface area contributed by atoms with Crippen LogP contribution in [0.15, 0.2) is 59.0 Å². The quantitative estimate of drug-likeness (QED) is 0.542. The summed E-state index contributed by atoms with van der Waals surface area (Å²) in [6.07, 6.45) is 0.608.